The van der Waals surface area contributed by atoms with Crippen LogP contribution in [-0.4, -0.2) is 42.6 Å². The van der Waals surface area contributed by atoms with Gasteiger partial charge in [-0.05, 0) is 37.4 Å². The number of nitrogens with two attached hydrogens (primary N) is 1. The highest BCUT2D eigenvalue weighted by Gasteiger charge is 2.43. The van der Waals surface area contributed by atoms with Gasteiger partial charge in [0.25, 0.3) is 0 Å². The van der Waals surface area contributed by atoms with Gasteiger partial charge in [-0.25, -0.2) is 4.79 Å². The van der Waals surface area contributed by atoms with E-state index in [2.05, 4.69) is 22.6 Å². The minimum atomic E-state index is -0.636. The molecule has 0 radical (unpaired) electrons. The maximum absolute atomic E-state index is 13.0. The van der Waals surface area contributed by atoms with E-state index in [0.29, 0.717) is 0 Å². The normalized spacial score (nSPS) is 21.3. The maximum Gasteiger partial charge on any atom is 0.312 e. The van der Waals surface area contributed by atoms with Crippen LogP contribution in [0.25, 0.3) is 0 Å². The quantitative estimate of drug-likeness (QED) is 0.682. The van der Waals surface area contributed by atoms with Crippen molar-refractivity contribution in [3.63, 3.8) is 0 Å². The molecule has 8 heteroatoms. The molecule has 4 N–H and O–H groups in total. The predicted molar refractivity (Wildman–Crippen MR) is 116 cm³/mol. The smallest absolute Gasteiger partial charge is 0.312 e. The second kappa shape index (κ2) is 8.65. The number of hydrogen-bond donors (Lipinski definition) is 3. The molecule has 0 aliphatic carbocycles. The van der Waals surface area contributed by atoms with Crippen LogP contribution in [0.5, 0.6) is 5.75 Å². The standard InChI is InChI=1S/C22H28N4O3S/c1-26-10-8-22(9-11-26)14-17(15-5-2-3-6-18(15)29-22)24-20(27)13-16(25-21(23)28)19-7-4-12-30-19/h2-7,12,16-17H,8-11,13-14H2,1H3,(H,24,27)(H3,23,25,28). The molecule has 0 bridgehead atoms. The van der Waals surface area contributed by atoms with Crippen LogP contribution in [0, 0.1) is 0 Å². The van der Waals surface area contributed by atoms with Gasteiger partial charge in [0.2, 0.25) is 5.91 Å². The third-order valence-corrected chi connectivity index (χ3v) is 7.01. The van der Waals surface area contributed by atoms with Crippen molar-refractivity contribution >= 4 is 23.3 Å². The fraction of sp³-hybridized carbons (Fsp3) is 0.455. The van der Waals surface area contributed by atoms with E-state index in [4.69, 9.17) is 10.5 Å². The maximum atomic E-state index is 13.0. The topological polar surface area (TPSA) is 96.7 Å². The van der Waals surface area contributed by atoms with E-state index < -0.39 is 12.1 Å². The van der Waals surface area contributed by atoms with Crippen LogP contribution in [0.3, 0.4) is 0 Å². The summed E-state index contributed by atoms with van der Waals surface area (Å²) in [5, 5.41) is 7.81. The zero-order chi connectivity index (χ0) is 21.1. The summed E-state index contributed by atoms with van der Waals surface area (Å²) in [6, 6.07) is 10.5. The van der Waals surface area contributed by atoms with E-state index in [1.807, 2.05) is 41.8 Å². The van der Waals surface area contributed by atoms with E-state index >= 15 is 0 Å². The second-order valence-electron chi connectivity index (χ2n) is 8.23. The molecular formula is C22H28N4O3S. The first-order chi connectivity index (χ1) is 14.4. The van der Waals surface area contributed by atoms with Crippen molar-refractivity contribution < 1.29 is 14.3 Å². The average Bonchev–Trinajstić information content (AvgIpc) is 3.24. The van der Waals surface area contributed by atoms with Gasteiger partial charge in [-0.1, -0.05) is 24.3 Å². The highest BCUT2D eigenvalue weighted by Crippen LogP contribution is 2.44. The summed E-state index contributed by atoms with van der Waals surface area (Å²) < 4.78 is 6.46. The third-order valence-electron chi connectivity index (χ3n) is 6.02. The summed E-state index contributed by atoms with van der Waals surface area (Å²) in [6.45, 7) is 1.96. The summed E-state index contributed by atoms with van der Waals surface area (Å²) in [7, 11) is 2.12. The zero-order valence-corrected chi connectivity index (χ0v) is 17.9. The van der Waals surface area contributed by atoms with Crippen LogP contribution in [0.1, 0.15) is 48.2 Å². The molecule has 160 valence electrons. The number of urea groups is 1. The van der Waals surface area contributed by atoms with Gasteiger partial charge >= 0.3 is 6.03 Å². The minimum absolute atomic E-state index is 0.119. The molecule has 3 heterocycles. The van der Waals surface area contributed by atoms with Gasteiger partial charge in [0, 0.05) is 30.0 Å². The molecule has 2 aliphatic rings. The average molecular weight is 429 g/mol. The van der Waals surface area contributed by atoms with Crippen LogP contribution >= 0.6 is 11.3 Å². The van der Waals surface area contributed by atoms with Gasteiger partial charge in [0.05, 0.1) is 18.5 Å². The number of likely N-dealkylation sites (tertiary alicyclic amines) is 1. The van der Waals surface area contributed by atoms with Gasteiger partial charge in [-0.3, -0.25) is 4.79 Å². The Morgan fingerprint density at radius 1 is 1.27 bits per heavy atom. The molecule has 1 saturated heterocycles. The molecule has 2 aliphatic heterocycles. The van der Waals surface area contributed by atoms with Crippen LogP contribution in [-0.2, 0) is 4.79 Å². The first-order valence-electron chi connectivity index (χ1n) is 10.3. The fourth-order valence-corrected chi connectivity index (χ4v) is 5.18. The Labute approximate surface area is 180 Å². The summed E-state index contributed by atoms with van der Waals surface area (Å²) in [4.78, 5) is 27.6. The predicted octanol–water partition coefficient (Wildman–Crippen LogP) is 2.95. The largest absolute Gasteiger partial charge is 0.487 e. The molecule has 7 nitrogen and oxygen atoms in total. The molecule has 1 fully saturated rings. The zero-order valence-electron chi connectivity index (χ0n) is 17.1. The molecule has 1 aromatic carbocycles. The Bertz CT molecular complexity index is 894. The van der Waals surface area contributed by atoms with E-state index in [0.717, 1.165) is 48.5 Å². The Kier molecular flexibility index (Phi) is 5.97. The van der Waals surface area contributed by atoms with Gasteiger partial charge in [0.1, 0.15) is 11.4 Å². The second-order valence-corrected chi connectivity index (χ2v) is 9.21. The molecule has 0 saturated carbocycles. The number of piperidine rings is 1. The highest BCUT2D eigenvalue weighted by atomic mass is 32.1. The summed E-state index contributed by atoms with van der Waals surface area (Å²) in [5.74, 6) is 0.732. The van der Waals surface area contributed by atoms with E-state index in [1.54, 1.807) is 0 Å². The Morgan fingerprint density at radius 2 is 2.03 bits per heavy atom. The van der Waals surface area contributed by atoms with Crippen molar-refractivity contribution in [1.82, 2.24) is 15.5 Å². The molecule has 2 aromatic rings. The molecule has 1 spiro atoms. The number of rotatable bonds is 5. The number of nitrogens with zero attached hydrogens (tertiary/aromatic N) is 1. The minimum Gasteiger partial charge on any atom is -0.487 e. The first-order valence-corrected chi connectivity index (χ1v) is 11.2. The highest BCUT2D eigenvalue weighted by molar-refractivity contribution is 7.10. The molecule has 2 unspecified atom stereocenters. The lowest BCUT2D eigenvalue weighted by molar-refractivity contribution is -0.123. The van der Waals surface area contributed by atoms with Crippen LogP contribution < -0.4 is 21.1 Å². The number of hydrogen-bond acceptors (Lipinski definition) is 5. The third kappa shape index (κ3) is 4.60. The van der Waals surface area contributed by atoms with E-state index in [1.165, 1.54) is 11.3 Å². The molecule has 30 heavy (non-hydrogen) atoms. The van der Waals surface area contributed by atoms with Crippen molar-refractivity contribution in [2.24, 2.45) is 5.73 Å². The Morgan fingerprint density at radius 3 is 2.73 bits per heavy atom. The van der Waals surface area contributed by atoms with Gasteiger partial charge in [-0.2, -0.15) is 0 Å². The Hall–Kier alpha value is -2.58. The number of fused-ring (bicyclic) bond motifs is 1. The number of para-hydroxylation sites is 1. The Balaban J connectivity index is 1.50. The van der Waals surface area contributed by atoms with E-state index in [-0.39, 0.29) is 24.0 Å². The molecule has 2 atom stereocenters. The van der Waals surface area contributed by atoms with Crippen molar-refractivity contribution in [2.45, 2.75) is 43.4 Å². The number of nitrogens with one attached hydrogen (secondary N) is 2. The number of thiophene rings is 1. The number of carbonyl (C=O) groups excluding carboxylic acids is 2. The van der Waals surface area contributed by atoms with Gasteiger partial charge in [-0.15, -0.1) is 11.3 Å². The fourth-order valence-electron chi connectivity index (χ4n) is 4.40. The van der Waals surface area contributed by atoms with E-state index in [9.17, 15) is 9.59 Å². The van der Waals surface area contributed by atoms with Crippen LogP contribution in [0.4, 0.5) is 4.79 Å². The molecule has 1 aromatic heterocycles. The number of amides is 3. The first kappa shape index (κ1) is 20.7. The molecule has 4 rings (SSSR count). The molecular weight excluding hydrogens is 400 g/mol. The van der Waals surface area contributed by atoms with Crippen LogP contribution in [0.15, 0.2) is 41.8 Å². The van der Waals surface area contributed by atoms with Gasteiger partial charge in [0.15, 0.2) is 0 Å². The monoisotopic (exact) mass is 428 g/mol. The lowest BCUT2D eigenvalue weighted by Gasteiger charge is -2.46. The SMILES string of the molecule is CN1CCC2(CC1)CC(NC(=O)CC(NC(N)=O)c1cccs1)c1ccccc1O2. The lowest BCUT2D eigenvalue weighted by atomic mass is 9.80. The number of benzene rings is 1. The van der Waals surface area contributed by atoms with Gasteiger partial charge < -0.3 is 26.0 Å². The van der Waals surface area contributed by atoms with Crippen molar-refractivity contribution in [3.05, 3.63) is 52.2 Å². The number of primary amides is 1. The van der Waals surface area contributed by atoms with Crippen LogP contribution in [0.2, 0.25) is 0 Å². The number of carbonyl (C=O) groups is 2. The summed E-state index contributed by atoms with van der Waals surface area (Å²) in [6.07, 6.45) is 2.76. The summed E-state index contributed by atoms with van der Waals surface area (Å²) in [5.41, 5.74) is 6.08. The van der Waals surface area contributed by atoms with Crippen molar-refractivity contribution in [2.75, 3.05) is 20.1 Å². The van der Waals surface area contributed by atoms with Crippen molar-refractivity contribution in [3.8, 4) is 5.75 Å². The lowest BCUT2D eigenvalue weighted by Crippen LogP contribution is -2.51. The number of ether oxygens (including phenoxy) is 1. The molecule has 3 amide bonds. The van der Waals surface area contributed by atoms with Crippen molar-refractivity contribution in [1.29, 1.82) is 0 Å². The summed E-state index contributed by atoms with van der Waals surface area (Å²) >= 11 is 1.49.